The molecule has 0 radical (unpaired) electrons. The Morgan fingerprint density at radius 3 is 0.849 bits per heavy atom. The van der Waals surface area contributed by atoms with E-state index in [4.69, 9.17) is 18.9 Å². The fourth-order valence-corrected chi connectivity index (χ4v) is 10.7. The molecule has 0 amide bonds. The largest absolute Gasteiger partial charge is 0.382 e. The zero-order valence-corrected chi connectivity index (χ0v) is 50.0. The quantitative estimate of drug-likeness (QED) is 0.0126. The second kappa shape index (κ2) is 35.8. The van der Waals surface area contributed by atoms with Crippen molar-refractivity contribution in [1.82, 2.24) is 0 Å². The lowest BCUT2D eigenvalue weighted by Crippen LogP contribution is -2.20. The molecule has 0 saturated carbocycles. The number of rotatable bonds is 28. The topological polar surface area (TPSA) is 111 Å². The van der Waals surface area contributed by atoms with E-state index in [0.717, 1.165) is 0 Å². The molecule has 0 aliphatic carbocycles. The van der Waals surface area contributed by atoms with Crippen LogP contribution in [0.5, 0.6) is 5.75 Å². The third-order valence-electron chi connectivity index (χ3n) is 10.7. The summed E-state index contributed by atoms with van der Waals surface area (Å²) in [6, 6.07) is 0. The molecule has 6 rings (SSSR count). The molecule has 1 N–H and O–H groups in total. The molecular weight excluding hydrogens is 1440 g/mol. The maximum atomic E-state index is 14.3. The SMILES string of the molecule is COCCOCCNc1c(F)c(F)c(Sc2c(F)c(F)c(F)c(F)c2F)c(F)c1F.COCCOCCS(=O)(=O)Oc1c(F)c(F)c(Sc2c(F)c(F)c(F)c(F)c2F)c(F)c1F.COCCOCCSc1c(F)c(F)c(Sc2c(F)c(F)c(F)c(F)c2F)c(F)c1F. The third-order valence-corrected chi connectivity index (χ3v) is 16.2. The highest BCUT2D eigenvalue weighted by atomic mass is 32.2. The van der Waals surface area contributed by atoms with Crippen LogP contribution < -0.4 is 9.50 Å². The Hall–Kier alpha value is -5.86. The summed E-state index contributed by atoms with van der Waals surface area (Å²) in [5, 5.41) is 2.06. The molecular formula is C51H34F27NO9S5. The molecule has 93 heavy (non-hydrogen) atoms. The summed E-state index contributed by atoms with van der Waals surface area (Å²) in [5.41, 5.74) is -1.23. The summed E-state index contributed by atoms with van der Waals surface area (Å²) in [4.78, 5) is -11.5. The molecule has 0 aliphatic heterocycles. The number of nitrogens with one attached hydrogen (secondary N) is 1. The van der Waals surface area contributed by atoms with Crippen LogP contribution in [0.2, 0.25) is 0 Å². The molecule has 516 valence electrons. The Morgan fingerprint density at radius 2 is 0.538 bits per heavy atom. The van der Waals surface area contributed by atoms with E-state index in [2.05, 4.69) is 19.0 Å². The summed E-state index contributed by atoms with van der Waals surface area (Å²) >= 11 is -1.85. The van der Waals surface area contributed by atoms with E-state index in [9.17, 15) is 127 Å². The standard InChI is InChI=1S/C17H12F9NO2S.C17H11F9O5S2.C17H11F9O2S2/c1-28-4-5-29-3-2-27-15-9(21)13(25)17(14(26)10(15)22)30-16-11(23)7(19)6(18)8(20)12(16)24;1-29-2-3-30-4-5-33(27,28)31-15-9(21)13(25)17(14(26)10(15)22)32-16-11(23)7(19)6(18)8(20)12(16)24;1-27-2-3-28-4-5-29-15-11(23)13(25)17(14(26)12(15)24)30-16-9(21)7(19)6(18)8(20)10(16)22/h27H,2-5H2,1H3;2-5H2,1H3;2-5H2,1H3. The zero-order chi connectivity index (χ0) is 70.3. The lowest BCUT2D eigenvalue weighted by atomic mass is 10.2. The Labute approximate surface area is 521 Å². The van der Waals surface area contributed by atoms with Crippen LogP contribution in [-0.4, -0.2) is 107 Å². The summed E-state index contributed by atoms with van der Waals surface area (Å²) in [6.45, 7) is -0.162. The Balaban J connectivity index is 0.000000298. The van der Waals surface area contributed by atoms with Crippen molar-refractivity contribution in [3.05, 3.63) is 157 Å². The van der Waals surface area contributed by atoms with E-state index in [0.29, 0.717) is 11.8 Å². The highest BCUT2D eigenvalue weighted by Crippen LogP contribution is 2.45. The van der Waals surface area contributed by atoms with Gasteiger partial charge in [0.05, 0.1) is 93.7 Å². The van der Waals surface area contributed by atoms with Crippen molar-refractivity contribution in [2.75, 3.05) is 104 Å². The first-order chi connectivity index (χ1) is 43.6. The van der Waals surface area contributed by atoms with Gasteiger partial charge < -0.3 is 37.9 Å². The van der Waals surface area contributed by atoms with Crippen molar-refractivity contribution in [3.63, 3.8) is 0 Å². The van der Waals surface area contributed by atoms with E-state index in [1.54, 1.807) is 0 Å². The van der Waals surface area contributed by atoms with Crippen LogP contribution in [0.15, 0.2) is 34.3 Å². The van der Waals surface area contributed by atoms with Crippen LogP contribution in [-0.2, 0) is 38.5 Å². The molecule has 0 fully saturated rings. The van der Waals surface area contributed by atoms with Crippen molar-refractivity contribution in [3.8, 4) is 5.75 Å². The Kier molecular flexibility index (Phi) is 30.6. The molecule has 0 aromatic heterocycles. The number of anilines is 1. The number of halogens is 27. The van der Waals surface area contributed by atoms with Gasteiger partial charge in [-0.2, -0.15) is 17.2 Å². The highest BCUT2D eigenvalue weighted by molar-refractivity contribution is 8.00. The monoisotopic (exact) mass is 1480 g/mol. The number of benzene rings is 6. The zero-order valence-electron chi connectivity index (χ0n) is 45.9. The minimum absolute atomic E-state index is 0.0444. The van der Waals surface area contributed by atoms with Gasteiger partial charge in [-0.25, -0.2) is 110 Å². The van der Waals surface area contributed by atoms with Crippen molar-refractivity contribution in [2.24, 2.45) is 0 Å². The van der Waals surface area contributed by atoms with Crippen LogP contribution in [0, 0.1) is 157 Å². The van der Waals surface area contributed by atoms with Gasteiger partial charge in [0.1, 0.15) is 11.4 Å². The molecule has 10 nitrogen and oxygen atoms in total. The number of ether oxygens (including phenoxy) is 6. The highest BCUT2D eigenvalue weighted by Gasteiger charge is 2.36. The molecule has 0 saturated heterocycles. The fourth-order valence-electron chi connectivity index (χ4n) is 6.26. The smallest absolute Gasteiger partial charge is 0.311 e. The minimum atomic E-state index is -4.85. The lowest BCUT2D eigenvalue weighted by Gasteiger charge is -2.14. The van der Waals surface area contributed by atoms with Gasteiger partial charge in [-0.1, -0.05) is 35.3 Å². The van der Waals surface area contributed by atoms with Crippen LogP contribution in [0.1, 0.15) is 0 Å². The summed E-state index contributed by atoms with van der Waals surface area (Å²) in [7, 11) is -0.699. The predicted octanol–water partition coefficient (Wildman–Crippen LogP) is 15.5. The number of methoxy groups -OCH3 is 3. The van der Waals surface area contributed by atoms with Crippen LogP contribution in [0.3, 0.4) is 0 Å². The summed E-state index contributed by atoms with van der Waals surface area (Å²) in [6.07, 6.45) is 0. The van der Waals surface area contributed by atoms with Crippen molar-refractivity contribution in [1.29, 1.82) is 0 Å². The fraction of sp³-hybridized carbons (Fsp3) is 0.294. The molecule has 0 atom stereocenters. The van der Waals surface area contributed by atoms with E-state index in [1.165, 1.54) is 21.3 Å². The van der Waals surface area contributed by atoms with Crippen LogP contribution in [0.25, 0.3) is 0 Å². The maximum absolute atomic E-state index is 14.3. The number of hydrogen-bond acceptors (Lipinski definition) is 14. The van der Waals surface area contributed by atoms with Crippen LogP contribution in [0.4, 0.5) is 124 Å². The molecule has 0 heterocycles. The molecule has 0 spiro atoms. The first-order valence-corrected chi connectivity index (χ1v) is 29.3. The van der Waals surface area contributed by atoms with Gasteiger partial charge in [-0.3, -0.25) is 0 Å². The molecule has 6 aromatic carbocycles. The third kappa shape index (κ3) is 19.0. The Bertz CT molecular complexity index is 3480. The van der Waals surface area contributed by atoms with E-state index < -0.39 is 261 Å². The van der Waals surface area contributed by atoms with Crippen molar-refractivity contribution < 1.29 is 160 Å². The number of thioether (sulfide) groups is 1. The lowest BCUT2D eigenvalue weighted by molar-refractivity contribution is 0.0758. The van der Waals surface area contributed by atoms with Crippen molar-refractivity contribution in [2.45, 2.75) is 34.3 Å². The summed E-state index contributed by atoms with van der Waals surface area (Å²) in [5.74, 6) is -65.6. The normalized spacial score (nSPS) is 11.5. The first kappa shape index (κ1) is 79.6. The van der Waals surface area contributed by atoms with Crippen molar-refractivity contribution >= 4 is 62.9 Å². The van der Waals surface area contributed by atoms with Gasteiger partial charge in [0.15, 0.2) is 128 Å². The van der Waals surface area contributed by atoms with Gasteiger partial charge in [-0.05, 0) is 0 Å². The van der Waals surface area contributed by atoms with Crippen LogP contribution >= 0.6 is 47.0 Å². The first-order valence-electron chi connectivity index (χ1n) is 24.2. The maximum Gasteiger partial charge on any atom is 0.311 e. The average Bonchev–Trinajstić information content (AvgIpc) is 0.835. The summed E-state index contributed by atoms with van der Waals surface area (Å²) < 4.78 is 428. The molecule has 0 unspecified atom stereocenters. The Morgan fingerprint density at radius 1 is 0.290 bits per heavy atom. The predicted molar refractivity (Wildman–Crippen MR) is 272 cm³/mol. The molecule has 6 aromatic rings. The molecule has 0 bridgehead atoms. The minimum Gasteiger partial charge on any atom is -0.382 e. The number of hydrogen-bond donors (Lipinski definition) is 1. The second-order valence-corrected chi connectivity index (χ2v) is 22.6. The van der Waals surface area contributed by atoms with E-state index in [-0.39, 0.29) is 65.2 Å². The van der Waals surface area contributed by atoms with Gasteiger partial charge in [0, 0.05) is 33.6 Å². The van der Waals surface area contributed by atoms with E-state index >= 15 is 0 Å². The van der Waals surface area contributed by atoms with E-state index in [1.807, 2.05) is 0 Å². The second-order valence-electron chi connectivity index (χ2n) is 16.7. The molecule has 0 aliphatic rings. The van der Waals surface area contributed by atoms with Gasteiger partial charge >= 0.3 is 10.1 Å². The van der Waals surface area contributed by atoms with Gasteiger partial charge in [0.25, 0.3) is 0 Å². The van der Waals surface area contributed by atoms with Gasteiger partial charge in [-0.15, -0.1) is 11.8 Å². The average molecular weight is 1480 g/mol. The van der Waals surface area contributed by atoms with Gasteiger partial charge in [0.2, 0.25) is 34.8 Å². The molecule has 42 heteroatoms.